The van der Waals surface area contributed by atoms with E-state index >= 15 is 0 Å². The molecule has 6 nitrogen and oxygen atoms in total. The fraction of sp³-hybridized carbons (Fsp3) is 0.400. The molecular formula is C20H21Cl2F2N3O3S. The summed E-state index contributed by atoms with van der Waals surface area (Å²) in [6, 6.07) is 1.79. The summed E-state index contributed by atoms with van der Waals surface area (Å²) in [5.41, 5.74) is 0.691. The second-order valence-corrected chi connectivity index (χ2v) is 9.98. The number of anilines is 1. The number of aromatic nitrogens is 2. The molecule has 1 N–H and O–H groups in total. The largest absolute Gasteiger partial charge is 0.392 e. The first-order valence-electron chi connectivity index (χ1n) is 9.55. The van der Waals surface area contributed by atoms with E-state index in [0.717, 1.165) is 25.0 Å². The van der Waals surface area contributed by atoms with Crippen LogP contribution in [0.15, 0.2) is 24.3 Å². The predicted octanol–water partition coefficient (Wildman–Crippen LogP) is 3.69. The third kappa shape index (κ3) is 5.00. The summed E-state index contributed by atoms with van der Waals surface area (Å²) in [4.78, 5) is 10.7. The molecule has 4 rings (SSSR count). The summed E-state index contributed by atoms with van der Waals surface area (Å²) >= 11 is 5.64. The molecule has 0 spiro atoms. The maximum atomic E-state index is 14.5. The number of nitrogens with zero attached hydrogens (tertiary/aromatic N) is 3. The van der Waals surface area contributed by atoms with Gasteiger partial charge in [-0.1, -0.05) is 23.8 Å². The number of allylic oxidation sites excluding steroid dienone is 1. The molecule has 1 aromatic carbocycles. The Morgan fingerprint density at radius 1 is 1.16 bits per heavy atom. The van der Waals surface area contributed by atoms with Crippen molar-refractivity contribution in [1.29, 1.82) is 0 Å². The van der Waals surface area contributed by atoms with Crippen molar-refractivity contribution >= 4 is 39.7 Å². The summed E-state index contributed by atoms with van der Waals surface area (Å²) in [5.74, 6) is -1.29. The first-order valence-corrected chi connectivity index (χ1v) is 11.7. The Balaban J connectivity index is 0.00000272. The zero-order valence-corrected chi connectivity index (χ0v) is 18.8. The third-order valence-corrected chi connectivity index (χ3v) is 7.13. The number of hydrogen-bond acceptors (Lipinski definition) is 6. The molecule has 168 valence electrons. The van der Waals surface area contributed by atoms with Crippen LogP contribution in [0, 0.1) is 17.6 Å². The highest BCUT2D eigenvalue weighted by atomic mass is 35.5. The highest BCUT2D eigenvalue weighted by Gasteiger charge is 2.33. The van der Waals surface area contributed by atoms with Crippen LogP contribution in [0.4, 0.5) is 14.6 Å². The van der Waals surface area contributed by atoms with Gasteiger partial charge in [0, 0.05) is 18.7 Å². The fourth-order valence-electron chi connectivity index (χ4n) is 3.90. The SMILES string of the molecule is Cl.O=S1(=O)Cc2nc(-c3cc(F)c(Cl)cc3F)nc(N3CCC(/C=C\CO)CC3)c2C1. The molecule has 1 aromatic heterocycles. The van der Waals surface area contributed by atoms with Gasteiger partial charge in [-0.25, -0.2) is 27.2 Å². The van der Waals surface area contributed by atoms with Crippen LogP contribution in [0.5, 0.6) is 0 Å². The van der Waals surface area contributed by atoms with Crippen molar-refractivity contribution in [2.45, 2.75) is 24.3 Å². The van der Waals surface area contributed by atoms with E-state index in [0.29, 0.717) is 36.1 Å². The number of aliphatic hydroxyl groups is 1. The Bertz CT molecular complexity index is 1120. The van der Waals surface area contributed by atoms with Gasteiger partial charge >= 0.3 is 0 Å². The number of fused-ring (bicyclic) bond motifs is 1. The normalized spacial score (nSPS) is 18.3. The van der Waals surface area contributed by atoms with Crippen LogP contribution in [0.1, 0.15) is 24.1 Å². The first-order chi connectivity index (χ1) is 14.3. The van der Waals surface area contributed by atoms with Crippen LogP contribution in [0.25, 0.3) is 11.4 Å². The molecule has 2 aliphatic heterocycles. The van der Waals surface area contributed by atoms with Crippen LogP contribution in [-0.2, 0) is 21.3 Å². The van der Waals surface area contributed by atoms with Gasteiger partial charge in [0.15, 0.2) is 15.7 Å². The minimum atomic E-state index is -3.37. The van der Waals surface area contributed by atoms with E-state index in [1.54, 1.807) is 6.08 Å². The molecule has 31 heavy (non-hydrogen) atoms. The Morgan fingerprint density at radius 2 is 1.87 bits per heavy atom. The lowest BCUT2D eigenvalue weighted by Gasteiger charge is -2.32. The molecule has 2 aromatic rings. The summed E-state index contributed by atoms with van der Waals surface area (Å²) < 4.78 is 52.9. The number of rotatable bonds is 4. The van der Waals surface area contributed by atoms with Gasteiger partial charge in [0.05, 0.1) is 34.4 Å². The zero-order chi connectivity index (χ0) is 21.5. The molecule has 2 aliphatic rings. The Labute approximate surface area is 190 Å². The van der Waals surface area contributed by atoms with Gasteiger partial charge in [0.1, 0.15) is 17.5 Å². The molecule has 1 fully saturated rings. The number of benzene rings is 1. The minimum absolute atomic E-state index is 0. The summed E-state index contributed by atoms with van der Waals surface area (Å²) in [6.07, 6.45) is 5.30. The third-order valence-electron chi connectivity index (χ3n) is 5.40. The lowest BCUT2D eigenvalue weighted by atomic mass is 9.96. The molecule has 0 unspecified atom stereocenters. The summed E-state index contributed by atoms with van der Waals surface area (Å²) in [7, 11) is -3.37. The summed E-state index contributed by atoms with van der Waals surface area (Å²) in [5, 5.41) is 8.59. The molecular weight excluding hydrogens is 471 g/mol. The molecule has 0 amide bonds. The lowest BCUT2D eigenvalue weighted by Crippen LogP contribution is -2.34. The zero-order valence-electron chi connectivity index (χ0n) is 16.4. The quantitative estimate of drug-likeness (QED) is 0.518. The van der Waals surface area contributed by atoms with E-state index in [1.165, 1.54) is 0 Å². The Morgan fingerprint density at radius 3 is 2.55 bits per heavy atom. The van der Waals surface area contributed by atoms with Crippen molar-refractivity contribution in [1.82, 2.24) is 9.97 Å². The highest BCUT2D eigenvalue weighted by Crippen LogP contribution is 2.36. The van der Waals surface area contributed by atoms with Crippen molar-refractivity contribution in [2.24, 2.45) is 5.92 Å². The number of halogens is 4. The van der Waals surface area contributed by atoms with Gasteiger partial charge in [-0.2, -0.15) is 0 Å². The van der Waals surface area contributed by atoms with Crippen LogP contribution < -0.4 is 4.90 Å². The molecule has 0 atom stereocenters. The first kappa shape index (κ1) is 23.8. The van der Waals surface area contributed by atoms with E-state index in [1.807, 2.05) is 11.0 Å². The van der Waals surface area contributed by atoms with Gasteiger partial charge in [-0.05, 0) is 30.9 Å². The minimum Gasteiger partial charge on any atom is -0.392 e. The standard InChI is InChI=1S/C20H20ClF2N3O3S.ClH/c21-15-9-16(22)13(8-17(15)23)19-24-18-11-30(28,29)10-14(18)20(25-19)26-5-3-12(4-6-26)2-1-7-27;/h1-2,8-9,12,27H,3-7,10-11H2;1H/b2-1-;. The smallest absolute Gasteiger partial charge is 0.164 e. The highest BCUT2D eigenvalue weighted by molar-refractivity contribution is 7.90. The van der Waals surface area contributed by atoms with Crippen molar-refractivity contribution in [3.63, 3.8) is 0 Å². The van der Waals surface area contributed by atoms with E-state index in [-0.39, 0.29) is 46.9 Å². The van der Waals surface area contributed by atoms with E-state index in [4.69, 9.17) is 16.7 Å². The number of sulfone groups is 1. The number of hydrogen-bond donors (Lipinski definition) is 1. The van der Waals surface area contributed by atoms with Crippen molar-refractivity contribution < 1.29 is 22.3 Å². The van der Waals surface area contributed by atoms with Crippen LogP contribution in [0.3, 0.4) is 0 Å². The predicted molar refractivity (Wildman–Crippen MR) is 117 cm³/mol. The van der Waals surface area contributed by atoms with Crippen molar-refractivity contribution in [2.75, 3.05) is 24.6 Å². The second-order valence-electron chi connectivity index (χ2n) is 7.51. The van der Waals surface area contributed by atoms with E-state index in [2.05, 4.69) is 9.97 Å². The topological polar surface area (TPSA) is 83.4 Å². The van der Waals surface area contributed by atoms with Gasteiger partial charge in [0.25, 0.3) is 0 Å². The van der Waals surface area contributed by atoms with Crippen molar-refractivity contribution in [3.8, 4) is 11.4 Å². The second kappa shape index (κ2) is 9.36. The van der Waals surface area contributed by atoms with Crippen LogP contribution in [-0.4, -0.2) is 43.2 Å². The van der Waals surface area contributed by atoms with E-state index < -0.39 is 21.5 Å². The molecule has 0 radical (unpaired) electrons. The maximum absolute atomic E-state index is 14.5. The summed E-state index contributed by atoms with van der Waals surface area (Å²) in [6.45, 7) is 1.24. The van der Waals surface area contributed by atoms with Gasteiger partial charge in [0.2, 0.25) is 0 Å². The lowest BCUT2D eigenvalue weighted by molar-refractivity contribution is 0.340. The molecule has 0 saturated carbocycles. The van der Waals surface area contributed by atoms with Gasteiger partial charge < -0.3 is 10.0 Å². The van der Waals surface area contributed by atoms with Crippen molar-refractivity contribution in [3.05, 3.63) is 52.2 Å². The average molecular weight is 492 g/mol. The molecule has 0 bridgehead atoms. The monoisotopic (exact) mass is 491 g/mol. The maximum Gasteiger partial charge on any atom is 0.164 e. The van der Waals surface area contributed by atoms with Crippen LogP contribution >= 0.6 is 24.0 Å². The van der Waals surface area contributed by atoms with Gasteiger partial charge in [-0.3, -0.25) is 0 Å². The molecule has 3 heterocycles. The Hall–Kier alpha value is -1.81. The van der Waals surface area contributed by atoms with Crippen LogP contribution in [0.2, 0.25) is 5.02 Å². The number of piperidine rings is 1. The van der Waals surface area contributed by atoms with Gasteiger partial charge in [-0.15, -0.1) is 12.4 Å². The fourth-order valence-corrected chi connectivity index (χ4v) is 5.54. The number of aliphatic hydroxyl groups excluding tert-OH is 1. The molecule has 0 aliphatic carbocycles. The average Bonchev–Trinajstić information content (AvgIpc) is 3.02. The Kier molecular flexibility index (Phi) is 7.20. The molecule has 11 heteroatoms. The molecule has 1 saturated heterocycles. The van der Waals surface area contributed by atoms with E-state index in [9.17, 15) is 17.2 Å².